The fraction of sp³-hybridized carbons (Fsp3) is 0.727. The summed E-state index contributed by atoms with van der Waals surface area (Å²) < 4.78 is 10.6. The van der Waals surface area contributed by atoms with Crippen molar-refractivity contribution in [1.82, 2.24) is 4.90 Å². The second-order valence-electron chi connectivity index (χ2n) is 4.63. The summed E-state index contributed by atoms with van der Waals surface area (Å²) in [7, 11) is 0. The molecule has 0 aromatic heterocycles. The van der Waals surface area contributed by atoms with Crippen LogP contribution in [0.1, 0.15) is 20.8 Å². The van der Waals surface area contributed by atoms with Crippen LogP contribution in [-0.2, 0) is 9.47 Å². The van der Waals surface area contributed by atoms with E-state index in [0.29, 0.717) is 19.7 Å². The summed E-state index contributed by atoms with van der Waals surface area (Å²) in [4.78, 5) is 13.1. The predicted molar refractivity (Wildman–Crippen MR) is 57.7 cm³/mol. The number of carbonyl (C=O) groups excluding carboxylic acids is 1. The van der Waals surface area contributed by atoms with Crippen LogP contribution in [0.3, 0.4) is 0 Å². The maximum absolute atomic E-state index is 11.5. The van der Waals surface area contributed by atoms with Gasteiger partial charge in [0.1, 0.15) is 5.60 Å². The molecule has 4 nitrogen and oxygen atoms in total. The Bertz CT molecular complexity index is 239. The molecule has 0 bridgehead atoms. The molecule has 0 aromatic carbocycles. The van der Waals surface area contributed by atoms with Crippen molar-refractivity contribution in [2.45, 2.75) is 32.5 Å². The highest BCUT2D eigenvalue weighted by atomic mass is 16.6. The van der Waals surface area contributed by atoms with E-state index in [9.17, 15) is 4.79 Å². The van der Waals surface area contributed by atoms with Crippen molar-refractivity contribution < 1.29 is 14.3 Å². The van der Waals surface area contributed by atoms with E-state index in [0.717, 1.165) is 0 Å². The summed E-state index contributed by atoms with van der Waals surface area (Å²) in [5.41, 5.74) is -0.426. The van der Waals surface area contributed by atoms with Gasteiger partial charge in [0, 0.05) is 0 Å². The van der Waals surface area contributed by atoms with E-state index in [4.69, 9.17) is 9.47 Å². The lowest BCUT2D eigenvalue weighted by molar-refractivity contribution is -0.0556. The highest BCUT2D eigenvalue weighted by Gasteiger charge is 2.33. The standard InChI is InChI=1S/C11H19NO3/c1-5-6-14-9-7-12(8-9)10(13)15-11(2,3)4/h5,9H,1,6-8H2,2-4H3. The van der Waals surface area contributed by atoms with Crippen molar-refractivity contribution in [1.29, 1.82) is 0 Å². The smallest absolute Gasteiger partial charge is 0.410 e. The van der Waals surface area contributed by atoms with Crippen molar-refractivity contribution in [3.63, 3.8) is 0 Å². The summed E-state index contributed by atoms with van der Waals surface area (Å²) in [6, 6.07) is 0. The average Bonchev–Trinajstić information content (AvgIpc) is 1.98. The molecule has 1 aliphatic heterocycles. The molecule has 0 aromatic rings. The van der Waals surface area contributed by atoms with Crippen LogP contribution in [0, 0.1) is 0 Å². The summed E-state index contributed by atoms with van der Waals surface area (Å²) in [6.45, 7) is 10.9. The van der Waals surface area contributed by atoms with Gasteiger partial charge in [0.15, 0.2) is 0 Å². The molecule has 0 N–H and O–H groups in total. The fourth-order valence-corrected chi connectivity index (χ4v) is 1.22. The fourth-order valence-electron chi connectivity index (χ4n) is 1.22. The molecule has 0 atom stereocenters. The Hall–Kier alpha value is -1.03. The van der Waals surface area contributed by atoms with E-state index in [2.05, 4.69) is 6.58 Å². The normalized spacial score (nSPS) is 17.1. The van der Waals surface area contributed by atoms with Gasteiger partial charge in [-0.2, -0.15) is 0 Å². The predicted octanol–water partition coefficient (Wildman–Crippen LogP) is 1.81. The molecule has 1 fully saturated rings. The van der Waals surface area contributed by atoms with Crippen LogP contribution >= 0.6 is 0 Å². The molecule has 1 amide bonds. The lowest BCUT2D eigenvalue weighted by Gasteiger charge is -2.39. The minimum Gasteiger partial charge on any atom is -0.444 e. The number of hydrogen-bond acceptors (Lipinski definition) is 3. The zero-order chi connectivity index (χ0) is 11.5. The van der Waals surface area contributed by atoms with Gasteiger partial charge in [0.25, 0.3) is 0 Å². The van der Waals surface area contributed by atoms with Gasteiger partial charge >= 0.3 is 6.09 Å². The number of hydrogen-bond donors (Lipinski definition) is 0. The van der Waals surface area contributed by atoms with Gasteiger partial charge < -0.3 is 14.4 Å². The third kappa shape index (κ3) is 3.91. The van der Waals surface area contributed by atoms with Crippen LogP contribution in [0.15, 0.2) is 12.7 Å². The van der Waals surface area contributed by atoms with E-state index in [1.54, 1.807) is 11.0 Å². The number of likely N-dealkylation sites (tertiary alicyclic amines) is 1. The molecule has 1 heterocycles. The third-order valence-electron chi connectivity index (χ3n) is 1.95. The van der Waals surface area contributed by atoms with Gasteiger partial charge in [-0.25, -0.2) is 4.79 Å². The molecule has 0 unspecified atom stereocenters. The quantitative estimate of drug-likeness (QED) is 0.671. The third-order valence-corrected chi connectivity index (χ3v) is 1.95. The van der Waals surface area contributed by atoms with Crippen molar-refractivity contribution in [3.05, 3.63) is 12.7 Å². The number of nitrogens with zero attached hydrogens (tertiary/aromatic N) is 1. The van der Waals surface area contributed by atoms with Crippen molar-refractivity contribution >= 4 is 6.09 Å². The Morgan fingerprint density at radius 2 is 2.13 bits per heavy atom. The number of rotatable bonds is 3. The number of ether oxygens (including phenoxy) is 2. The van der Waals surface area contributed by atoms with Gasteiger partial charge in [-0.1, -0.05) is 6.08 Å². The molecule has 15 heavy (non-hydrogen) atoms. The van der Waals surface area contributed by atoms with Crippen LogP contribution in [0.5, 0.6) is 0 Å². The molecular formula is C11H19NO3. The van der Waals surface area contributed by atoms with Crippen LogP contribution in [-0.4, -0.2) is 42.4 Å². The van der Waals surface area contributed by atoms with Crippen LogP contribution in [0.4, 0.5) is 4.79 Å². The van der Waals surface area contributed by atoms with Crippen LogP contribution in [0.2, 0.25) is 0 Å². The maximum atomic E-state index is 11.5. The highest BCUT2D eigenvalue weighted by Crippen LogP contribution is 2.16. The van der Waals surface area contributed by atoms with Crippen LogP contribution < -0.4 is 0 Å². The molecule has 0 aliphatic carbocycles. The Kier molecular flexibility index (Phi) is 3.74. The molecule has 0 spiro atoms. The molecule has 0 saturated carbocycles. The van der Waals surface area contributed by atoms with Gasteiger partial charge in [-0.3, -0.25) is 0 Å². The van der Waals surface area contributed by atoms with E-state index in [1.165, 1.54) is 0 Å². The highest BCUT2D eigenvalue weighted by molar-refractivity contribution is 5.69. The molecule has 86 valence electrons. The molecule has 1 saturated heterocycles. The zero-order valence-electron chi connectivity index (χ0n) is 9.66. The SMILES string of the molecule is C=CCOC1CN(C(=O)OC(C)(C)C)C1. The first-order valence-corrected chi connectivity index (χ1v) is 5.13. The zero-order valence-corrected chi connectivity index (χ0v) is 9.66. The van der Waals surface area contributed by atoms with Crippen molar-refractivity contribution in [2.24, 2.45) is 0 Å². The molecule has 4 heteroatoms. The minimum atomic E-state index is -0.426. The second-order valence-corrected chi connectivity index (χ2v) is 4.63. The van der Waals surface area contributed by atoms with Gasteiger partial charge in [-0.15, -0.1) is 6.58 Å². The van der Waals surface area contributed by atoms with Crippen molar-refractivity contribution in [3.8, 4) is 0 Å². The summed E-state index contributed by atoms with van der Waals surface area (Å²) in [5, 5.41) is 0. The second kappa shape index (κ2) is 4.66. The molecule has 1 rings (SSSR count). The minimum absolute atomic E-state index is 0.135. The van der Waals surface area contributed by atoms with E-state index >= 15 is 0 Å². The number of carbonyl (C=O) groups is 1. The van der Waals surface area contributed by atoms with Gasteiger partial charge in [-0.05, 0) is 20.8 Å². The lowest BCUT2D eigenvalue weighted by Crippen LogP contribution is -2.55. The van der Waals surface area contributed by atoms with Crippen molar-refractivity contribution in [2.75, 3.05) is 19.7 Å². The first-order valence-electron chi connectivity index (χ1n) is 5.13. The monoisotopic (exact) mass is 213 g/mol. The molecule has 1 aliphatic rings. The molecule has 0 radical (unpaired) electrons. The van der Waals surface area contributed by atoms with E-state index in [1.807, 2.05) is 20.8 Å². The Balaban J connectivity index is 2.21. The van der Waals surface area contributed by atoms with E-state index < -0.39 is 5.60 Å². The topological polar surface area (TPSA) is 38.8 Å². The largest absolute Gasteiger partial charge is 0.444 e. The Morgan fingerprint density at radius 3 is 2.60 bits per heavy atom. The van der Waals surface area contributed by atoms with E-state index in [-0.39, 0.29) is 12.2 Å². The Morgan fingerprint density at radius 1 is 1.53 bits per heavy atom. The first-order chi connectivity index (χ1) is 6.92. The van der Waals surface area contributed by atoms with Gasteiger partial charge in [0.2, 0.25) is 0 Å². The average molecular weight is 213 g/mol. The van der Waals surface area contributed by atoms with Crippen LogP contribution in [0.25, 0.3) is 0 Å². The van der Waals surface area contributed by atoms with Gasteiger partial charge in [0.05, 0.1) is 25.8 Å². The lowest BCUT2D eigenvalue weighted by atomic mass is 10.2. The number of amides is 1. The first kappa shape index (κ1) is 12.0. The summed E-state index contributed by atoms with van der Waals surface area (Å²) in [6.07, 6.45) is 1.58. The molecular weight excluding hydrogens is 194 g/mol. The summed E-state index contributed by atoms with van der Waals surface area (Å²) >= 11 is 0. The maximum Gasteiger partial charge on any atom is 0.410 e. The Labute approximate surface area is 90.8 Å². The summed E-state index contributed by atoms with van der Waals surface area (Å²) in [5.74, 6) is 0.